The standard InChI is InChI=1S/C28H31N7O4/c1-16(17-7-5-4-6-8-17)30-23-24(26(37)25(23)36)32-20-13-14-29-28(33-20)31-19-11-9-18(10-12-19)27-34-21(38-2)15-22(35-27)39-3/h9-17,30H,4-8H2,1-3H3,(H2,29,31,32,33). The lowest BCUT2D eigenvalue weighted by atomic mass is 9.84. The van der Waals surface area contributed by atoms with Crippen LogP contribution in [0.5, 0.6) is 11.8 Å². The zero-order chi connectivity index (χ0) is 27.4. The Balaban J connectivity index is 1.27. The van der Waals surface area contributed by atoms with E-state index in [1.165, 1.54) is 33.5 Å². The molecule has 11 heteroatoms. The Hall–Kier alpha value is -4.54. The topological polar surface area (TPSA) is 140 Å². The average Bonchev–Trinajstić information content (AvgIpc) is 2.99. The van der Waals surface area contributed by atoms with E-state index in [2.05, 4.69) is 42.8 Å². The molecule has 1 fully saturated rings. The maximum Gasteiger partial charge on any atom is 0.253 e. The first-order valence-electron chi connectivity index (χ1n) is 13.0. The molecule has 1 aliphatic carbocycles. The maximum atomic E-state index is 12.3. The van der Waals surface area contributed by atoms with Gasteiger partial charge in [0.25, 0.3) is 10.9 Å². The molecule has 1 atom stereocenters. The van der Waals surface area contributed by atoms with E-state index < -0.39 is 10.9 Å². The van der Waals surface area contributed by atoms with Gasteiger partial charge in [0.05, 0.1) is 20.3 Å². The summed E-state index contributed by atoms with van der Waals surface area (Å²) in [6, 6.07) is 10.8. The highest BCUT2D eigenvalue weighted by molar-refractivity contribution is 5.78. The summed E-state index contributed by atoms with van der Waals surface area (Å²) in [4.78, 5) is 42.1. The number of hydrogen-bond acceptors (Lipinski definition) is 11. The normalized spacial score (nSPS) is 14.5. The molecule has 0 bridgehead atoms. The van der Waals surface area contributed by atoms with Crippen molar-refractivity contribution in [2.75, 3.05) is 30.2 Å². The molecule has 5 rings (SSSR count). The van der Waals surface area contributed by atoms with Crippen LogP contribution < -0.4 is 36.3 Å². The monoisotopic (exact) mass is 529 g/mol. The summed E-state index contributed by atoms with van der Waals surface area (Å²) in [7, 11) is 3.07. The fourth-order valence-electron chi connectivity index (χ4n) is 4.82. The minimum absolute atomic E-state index is 0.114. The Bertz CT molecular complexity index is 1490. The van der Waals surface area contributed by atoms with Crippen LogP contribution in [-0.2, 0) is 0 Å². The van der Waals surface area contributed by atoms with Gasteiger partial charge in [-0.15, -0.1) is 0 Å². The van der Waals surface area contributed by atoms with Gasteiger partial charge in [-0.1, -0.05) is 19.3 Å². The molecule has 1 saturated carbocycles. The molecule has 4 aromatic rings. The van der Waals surface area contributed by atoms with Crippen molar-refractivity contribution in [3.8, 4) is 23.1 Å². The molecule has 0 amide bonds. The van der Waals surface area contributed by atoms with E-state index in [0.29, 0.717) is 41.0 Å². The number of hydrogen-bond donors (Lipinski definition) is 3. The number of nitrogens with one attached hydrogen (secondary N) is 3. The predicted molar refractivity (Wildman–Crippen MR) is 150 cm³/mol. The third-order valence-corrected chi connectivity index (χ3v) is 7.04. The number of rotatable bonds is 10. The number of ether oxygens (including phenoxy) is 2. The summed E-state index contributed by atoms with van der Waals surface area (Å²) in [6.45, 7) is 2.07. The van der Waals surface area contributed by atoms with Gasteiger partial charge in [0.1, 0.15) is 17.2 Å². The molecule has 11 nitrogen and oxygen atoms in total. The third kappa shape index (κ3) is 5.82. The highest BCUT2D eigenvalue weighted by Crippen LogP contribution is 2.30. The zero-order valence-corrected chi connectivity index (χ0v) is 22.2. The molecule has 39 heavy (non-hydrogen) atoms. The smallest absolute Gasteiger partial charge is 0.253 e. The van der Waals surface area contributed by atoms with Crippen molar-refractivity contribution < 1.29 is 9.47 Å². The van der Waals surface area contributed by atoms with Crippen LogP contribution in [0.15, 0.2) is 52.2 Å². The number of anilines is 5. The Kier molecular flexibility index (Phi) is 7.67. The van der Waals surface area contributed by atoms with E-state index in [1.54, 1.807) is 18.3 Å². The highest BCUT2D eigenvalue weighted by Gasteiger charge is 2.26. The first-order valence-corrected chi connectivity index (χ1v) is 13.0. The van der Waals surface area contributed by atoms with Crippen molar-refractivity contribution in [2.24, 2.45) is 5.92 Å². The van der Waals surface area contributed by atoms with Gasteiger partial charge in [0.2, 0.25) is 17.7 Å². The van der Waals surface area contributed by atoms with E-state index >= 15 is 0 Å². The molecule has 3 N–H and O–H groups in total. The van der Waals surface area contributed by atoms with Crippen LogP contribution in [0.25, 0.3) is 11.4 Å². The molecular weight excluding hydrogens is 498 g/mol. The van der Waals surface area contributed by atoms with Gasteiger partial charge in [-0.2, -0.15) is 15.0 Å². The first-order chi connectivity index (χ1) is 18.9. The molecule has 0 aliphatic heterocycles. The van der Waals surface area contributed by atoms with Crippen LogP contribution >= 0.6 is 0 Å². The lowest BCUT2D eigenvalue weighted by Crippen LogP contribution is -2.40. The summed E-state index contributed by atoms with van der Waals surface area (Å²) < 4.78 is 10.5. The van der Waals surface area contributed by atoms with E-state index in [1.807, 2.05) is 24.3 Å². The van der Waals surface area contributed by atoms with Gasteiger partial charge < -0.3 is 25.4 Å². The fourth-order valence-corrected chi connectivity index (χ4v) is 4.82. The van der Waals surface area contributed by atoms with Crippen LogP contribution in [0, 0.1) is 5.92 Å². The Morgan fingerprint density at radius 3 is 2.18 bits per heavy atom. The van der Waals surface area contributed by atoms with E-state index in [4.69, 9.17) is 9.47 Å². The average molecular weight is 530 g/mol. The number of methoxy groups -OCH3 is 2. The molecule has 0 spiro atoms. The van der Waals surface area contributed by atoms with Crippen LogP contribution in [0.2, 0.25) is 0 Å². The molecule has 202 valence electrons. The minimum atomic E-state index is -0.548. The molecule has 0 saturated heterocycles. The molecule has 1 aliphatic rings. The molecule has 2 aromatic heterocycles. The SMILES string of the molecule is COc1cc(OC)nc(-c2ccc(Nc3nccc(Nc4c(NC(C)C5CCCCC5)c(=O)c4=O)n3)cc2)n1. The van der Waals surface area contributed by atoms with E-state index in [0.717, 1.165) is 24.1 Å². The Morgan fingerprint density at radius 1 is 0.846 bits per heavy atom. The third-order valence-electron chi connectivity index (χ3n) is 7.04. The van der Waals surface area contributed by atoms with Crippen molar-refractivity contribution in [3.05, 3.63) is 63.0 Å². The van der Waals surface area contributed by atoms with Crippen LogP contribution in [-0.4, -0.2) is 40.2 Å². The number of benzene rings is 1. The quantitative estimate of drug-likeness (QED) is 0.252. The zero-order valence-electron chi connectivity index (χ0n) is 22.2. The Morgan fingerprint density at radius 2 is 1.51 bits per heavy atom. The lowest BCUT2D eigenvalue weighted by molar-refractivity contribution is 0.328. The Labute approximate surface area is 225 Å². The molecule has 0 radical (unpaired) electrons. The van der Waals surface area contributed by atoms with Crippen LogP contribution in [0.3, 0.4) is 0 Å². The second-order valence-electron chi connectivity index (χ2n) is 9.61. The summed E-state index contributed by atoms with van der Waals surface area (Å²) in [5.41, 5.74) is 1.04. The van der Waals surface area contributed by atoms with E-state index in [-0.39, 0.29) is 11.7 Å². The second kappa shape index (κ2) is 11.5. The van der Waals surface area contributed by atoms with Crippen molar-refractivity contribution in [2.45, 2.75) is 45.1 Å². The van der Waals surface area contributed by atoms with Gasteiger partial charge in [-0.25, -0.2) is 4.98 Å². The lowest BCUT2D eigenvalue weighted by Gasteiger charge is -2.29. The van der Waals surface area contributed by atoms with Crippen molar-refractivity contribution in [1.29, 1.82) is 0 Å². The van der Waals surface area contributed by atoms with Crippen molar-refractivity contribution >= 4 is 28.8 Å². The van der Waals surface area contributed by atoms with Gasteiger partial charge >= 0.3 is 0 Å². The summed E-state index contributed by atoms with van der Waals surface area (Å²) in [6.07, 6.45) is 7.51. The van der Waals surface area contributed by atoms with Crippen molar-refractivity contribution in [3.63, 3.8) is 0 Å². The molecular formula is C28H31N7O4. The van der Waals surface area contributed by atoms with Gasteiger partial charge in [0.15, 0.2) is 5.82 Å². The van der Waals surface area contributed by atoms with E-state index in [9.17, 15) is 9.59 Å². The summed E-state index contributed by atoms with van der Waals surface area (Å²) in [5.74, 6) is 2.50. The largest absolute Gasteiger partial charge is 0.481 e. The summed E-state index contributed by atoms with van der Waals surface area (Å²) in [5, 5.41) is 9.44. The van der Waals surface area contributed by atoms with Gasteiger partial charge in [0, 0.05) is 23.5 Å². The van der Waals surface area contributed by atoms with Gasteiger partial charge in [-0.3, -0.25) is 9.59 Å². The van der Waals surface area contributed by atoms with Crippen LogP contribution in [0.4, 0.5) is 28.8 Å². The van der Waals surface area contributed by atoms with Gasteiger partial charge in [-0.05, 0) is 56.0 Å². The highest BCUT2D eigenvalue weighted by atomic mass is 16.5. The van der Waals surface area contributed by atoms with Crippen molar-refractivity contribution in [1.82, 2.24) is 19.9 Å². The number of aromatic nitrogens is 4. The fraction of sp³-hybridized carbons (Fsp3) is 0.357. The first kappa shape index (κ1) is 26.1. The van der Waals surface area contributed by atoms with Crippen LogP contribution in [0.1, 0.15) is 39.0 Å². The molecule has 1 unspecified atom stereocenters. The minimum Gasteiger partial charge on any atom is -0.481 e. The molecule has 2 heterocycles. The predicted octanol–water partition coefficient (Wildman–Crippen LogP) is 4.41. The second-order valence-corrected chi connectivity index (χ2v) is 9.61. The number of nitrogens with zero attached hydrogens (tertiary/aromatic N) is 4. The molecule has 2 aromatic carbocycles. The maximum absolute atomic E-state index is 12.3. The summed E-state index contributed by atoms with van der Waals surface area (Å²) >= 11 is 0.